The number of ether oxygens (including phenoxy) is 2. The molecule has 0 fully saturated rings. The Morgan fingerprint density at radius 2 is 1.08 bits per heavy atom. The number of unbranched alkanes of at least 4 members (excludes halogenated alkanes) is 9. The normalized spacial score (nSPS) is 14.8. The number of allylic oxidation sites excluding steroid dienone is 12. The number of hydrogen-bond acceptors (Lipinski definition) is 9. The molecule has 0 spiro atoms. The average Bonchev–Trinajstić information content (AvgIpc) is 3.13. The van der Waals surface area contributed by atoms with Crippen molar-refractivity contribution in [1.82, 2.24) is 0 Å². The molecule has 0 saturated heterocycles. The smallest absolute Gasteiger partial charge is 0.462 e. The van der Waals surface area contributed by atoms with E-state index in [0.29, 0.717) is 19.3 Å². The fourth-order valence-corrected chi connectivity index (χ4v) is 5.40. The predicted molar refractivity (Wildman–Crippen MR) is 210 cm³/mol. The maximum atomic E-state index is 12.5. The van der Waals surface area contributed by atoms with Crippen LogP contribution in [0.2, 0.25) is 0 Å². The molecule has 0 saturated carbocycles. The van der Waals surface area contributed by atoms with Gasteiger partial charge >= 0.3 is 19.8 Å². The van der Waals surface area contributed by atoms with E-state index in [4.69, 9.17) is 19.1 Å². The summed E-state index contributed by atoms with van der Waals surface area (Å²) >= 11 is 0. The van der Waals surface area contributed by atoms with Crippen molar-refractivity contribution in [2.75, 3.05) is 26.4 Å². The van der Waals surface area contributed by atoms with Gasteiger partial charge in [0.15, 0.2) is 6.10 Å². The number of carbonyl (C=O) groups excluding carboxylic acids is 2. The summed E-state index contributed by atoms with van der Waals surface area (Å²) in [5.41, 5.74) is 0. The van der Waals surface area contributed by atoms with Crippen molar-refractivity contribution in [3.63, 3.8) is 0 Å². The molecule has 11 heteroatoms. The van der Waals surface area contributed by atoms with E-state index in [1.165, 1.54) is 19.3 Å². The molecule has 0 heterocycles. The lowest BCUT2D eigenvalue weighted by Gasteiger charge is -2.20. The SMILES string of the molecule is CC/C=C/C/C=C/C/C=C/C/C=C/C/C=C/CCCC(=O)OC[C@@H](COP(=O)(O)OC[C@H](O)CO)OC(=O)CCCCCCC/C=C/CCCCC. The van der Waals surface area contributed by atoms with Crippen LogP contribution in [0, 0.1) is 0 Å². The average molecular weight is 753 g/mol. The van der Waals surface area contributed by atoms with Gasteiger partial charge in [0, 0.05) is 12.8 Å². The zero-order chi connectivity index (χ0) is 38.4. The number of aliphatic hydroxyl groups is 2. The van der Waals surface area contributed by atoms with Crippen molar-refractivity contribution in [1.29, 1.82) is 0 Å². The first-order valence-electron chi connectivity index (χ1n) is 19.4. The maximum absolute atomic E-state index is 12.5. The second-order valence-corrected chi connectivity index (χ2v) is 14.0. The summed E-state index contributed by atoms with van der Waals surface area (Å²) in [6.07, 6.45) is 40.2. The molecule has 0 amide bonds. The zero-order valence-corrected chi connectivity index (χ0v) is 32.9. The third-order valence-electron chi connectivity index (χ3n) is 7.59. The van der Waals surface area contributed by atoms with Crippen LogP contribution < -0.4 is 0 Å². The second kappa shape index (κ2) is 36.8. The molecule has 298 valence electrons. The number of rotatable bonds is 35. The van der Waals surface area contributed by atoms with Crippen LogP contribution in [0.15, 0.2) is 72.9 Å². The minimum atomic E-state index is -4.63. The molecular weight excluding hydrogens is 683 g/mol. The first-order chi connectivity index (χ1) is 25.2. The van der Waals surface area contributed by atoms with Crippen LogP contribution in [0.4, 0.5) is 0 Å². The Morgan fingerprint density at radius 3 is 1.67 bits per heavy atom. The van der Waals surface area contributed by atoms with E-state index in [0.717, 1.165) is 70.6 Å². The van der Waals surface area contributed by atoms with Gasteiger partial charge in [-0.25, -0.2) is 4.57 Å². The van der Waals surface area contributed by atoms with E-state index in [1.54, 1.807) is 0 Å². The molecule has 0 rings (SSSR count). The van der Waals surface area contributed by atoms with Crippen molar-refractivity contribution in [2.45, 2.75) is 148 Å². The van der Waals surface area contributed by atoms with Gasteiger partial charge in [0.1, 0.15) is 12.7 Å². The highest BCUT2D eigenvalue weighted by Crippen LogP contribution is 2.43. The summed E-state index contributed by atoms with van der Waals surface area (Å²) in [7, 11) is -4.63. The molecule has 3 atom stereocenters. The van der Waals surface area contributed by atoms with Crippen LogP contribution in [0.5, 0.6) is 0 Å². The maximum Gasteiger partial charge on any atom is 0.472 e. The Kier molecular flexibility index (Phi) is 34.9. The van der Waals surface area contributed by atoms with E-state index < -0.39 is 51.8 Å². The van der Waals surface area contributed by atoms with E-state index in [9.17, 15) is 24.2 Å². The van der Waals surface area contributed by atoms with E-state index in [2.05, 4.69) is 79.1 Å². The Morgan fingerprint density at radius 1 is 0.596 bits per heavy atom. The van der Waals surface area contributed by atoms with Crippen molar-refractivity contribution in [3.8, 4) is 0 Å². The van der Waals surface area contributed by atoms with E-state index in [1.807, 2.05) is 12.2 Å². The predicted octanol–water partition coefficient (Wildman–Crippen LogP) is 9.72. The summed E-state index contributed by atoms with van der Waals surface area (Å²) in [4.78, 5) is 34.8. The highest BCUT2D eigenvalue weighted by molar-refractivity contribution is 7.47. The zero-order valence-electron chi connectivity index (χ0n) is 32.0. The van der Waals surface area contributed by atoms with Crippen LogP contribution in [-0.4, -0.2) is 65.7 Å². The van der Waals surface area contributed by atoms with Gasteiger partial charge in [-0.2, -0.15) is 0 Å². The molecule has 52 heavy (non-hydrogen) atoms. The quantitative estimate of drug-likeness (QED) is 0.0247. The molecule has 1 unspecified atom stereocenters. The van der Waals surface area contributed by atoms with Gasteiger partial charge < -0.3 is 24.6 Å². The van der Waals surface area contributed by atoms with Crippen molar-refractivity contribution in [3.05, 3.63) is 72.9 Å². The minimum absolute atomic E-state index is 0.158. The molecule has 10 nitrogen and oxygen atoms in total. The Labute approximate surface area is 314 Å². The number of phosphoric acid groups is 1. The van der Waals surface area contributed by atoms with Crippen molar-refractivity contribution in [2.24, 2.45) is 0 Å². The first kappa shape index (κ1) is 49.4. The molecule has 0 aliphatic heterocycles. The molecule has 0 aliphatic carbocycles. The first-order valence-corrected chi connectivity index (χ1v) is 20.9. The summed E-state index contributed by atoms with van der Waals surface area (Å²) in [5.74, 6) is -1.01. The van der Waals surface area contributed by atoms with Crippen LogP contribution in [0.3, 0.4) is 0 Å². The summed E-state index contributed by atoms with van der Waals surface area (Å²) in [6.45, 7) is 2.13. The largest absolute Gasteiger partial charge is 0.472 e. The summed E-state index contributed by atoms with van der Waals surface area (Å²) in [6, 6.07) is 0. The lowest BCUT2D eigenvalue weighted by molar-refractivity contribution is -0.161. The number of phosphoric ester groups is 1. The molecule has 0 aliphatic rings. The molecular formula is C41H69O10P. The number of carbonyl (C=O) groups is 2. The van der Waals surface area contributed by atoms with Crippen LogP contribution in [-0.2, 0) is 32.7 Å². The molecule has 0 aromatic heterocycles. The summed E-state index contributed by atoms with van der Waals surface area (Å²) < 4.78 is 32.5. The van der Waals surface area contributed by atoms with Crippen molar-refractivity contribution >= 4 is 19.8 Å². The Balaban J connectivity index is 4.48. The third-order valence-corrected chi connectivity index (χ3v) is 8.55. The molecule has 0 radical (unpaired) electrons. The third kappa shape index (κ3) is 35.8. The van der Waals surface area contributed by atoms with Gasteiger partial charge in [0.05, 0.1) is 19.8 Å². The highest BCUT2D eigenvalue weighted by Gasteiger charge is 2.27. The molecule has 3 N–H and O–H groups in total. The number of aliphatic hydroxyl groups excluding tert-OH is 2. The van der Waals surface area contributed by atoms with Crippen LogP contribution >= 0.6 is 7.82 Å². The Hall–Kier alpha value is -2.59. The van der Waals surface area contributed by atoms with Crippen molar-refractivity contribution < 1.29 is 47.8 Å². The molecule has 0 bridgehead atoms. The fourth-order valence-electron chi connectivity index (χ4n) is 4.61. The number of esters is 2. The van der Waals surface area contributed by atoms with Crippen LogP contribution in [0.25, 0.3) is 0 Å². The van der Waals surface area contributed by atoms with Crippen LogP contribution in [0.1, 0.15) is 136 Å². The van der Waals surface area contributed by atoms with Gasteiger partial charge in [0.25, 0.3) is 0 Å². The lowest BCUT2D eigenvalue weighted by Crippen LogP contribution is -2.29. The fraction of sp³-hybridized carbons (Fsp3) is 0.659. The molecule has 0 aromatic rings. The van der Waals surface area contributed by atoms with Gasteiger partial charge in [-0.15, -0.1) is 0 Å². The van der Waals surface area contributed by atoms with Gasteiger partial charge in [0.2, 0.25) is 0 Å². The topological polar surface area (TPSA) is 149 Å². The van der Waals surface area contributed by atoms with E-state index >= 15 is 0 Å². The van der Waals surface area contributed by atoms with Gasteiger partial charge in [-0.3, -0.25) is 18.6 Å². The second-order valence-electron chi connectivity index (χ2n) is 12.6. The summed E-state index contributed by atoms with van der Waals surface area (Å²) in [5, 5.41) is 18.3. The lowest BCUT2D eigenvalue weighted by atomic mass is 10.1. The highest BCUT2D eigenvalue weighted by atomic mass is 31.2. The minimum Gasteiger partial charge on any atom is -0.462 e. The van der Waals surface area contributed by atoms with Gasteiger partial charge in [-0.1, -0.05) is 119 Å². The standard InChI is InChI=1S/C41H69O10P/c1-3-5-7-9-11-13-15-17-18-19-20-21-23-24-26-28-30-32-40(44)48-36-39(37-50-52(46,47)49-35-38(43)34-42)51-41(45)33-31-29-27-25-22-16-14-12-10-8-6-4-2/h5,7,11-14,17-18,20-21,24,26,38-39,42-43H,3-4,6,8-10,15-16,19,22-23,25,27-37H2,1-2H3,(H,46,47)/b7-5+,13-11+,14-12+,18-17+,21-20+,26-24+/t38-,39+/m1/s1. The van der Waals surface area contributed by atoms with Gasteiger partial charge in [-0.05, 0) is 77.0 Å². The number of hydrogen-bond donors (Lipinski definition) is 3. The molecule has 0 aromatic carbocycles. The van der Waals surface area contributed by atoms with E-state index in [-0.39, 0.29) is 19.4 Å². The Bertz CT molecular complexity index is 1100. The monoisotopic (exact) mass is 752 g/mol.